The molecule has 0 spiro atoms. The van der Waals surface area contributed by atoms with Crippen LogP contribution in [-0.4, -0.2) is 30.4 Å². The topological polar surface area (TPSA) is 32.3 Å². The maximum atomic E-state index is 12.2. The van der Waals surface area contributed by atoms with Gasteiger partial charge in [0.1, 0.15) is 0 Å². The maximum Gasteiger partial charge on any atom is 0.253 e. The maximum absolute atomic E-state index is 12.2. The first-order chi connectivity index (χ1) is 8.81. The van der Waals surface area contributed by atoms with Crippen molar-refractivity contribution in [2.24, 2.45) is 0 Å². The third-order valence-electron chi connectivity index (χ3n) is 3.42. The van der Waals surface area contributed by atoms with Gasteiger partial charge in [0.15, 0.2) is 0 Å². The number of carbonyl (C=O) groups excluding carboxylic acids is 1. The van der Waals surface area contributed by atoms with Gasteiger partial charge in [-0.05, 0) is 43.5 Å². The van der Waals surface area contributed by atoms with Crippen LogP contribution in [-0.2, 0) is 6.54 Å². The molecule has 1 aromatic rings. The van der Waals surface area contributed by atoms with Gasteiger partial charge in [-0.3, -0.25) is 4.79 Å². The molecule has 1 N–H and O–H groups in total. The fourth-order valence-electron chi connectivity index (χ4n) is 2.31. The number of amides is 1. The summed E-state index contributed by atoms with van der Waals surface area (Å²) in [5.74, 6) is 0.185. The van der Waals surface area contributed by atoms with E-state index < -0.39 is 0 Å². The summed E-state index contributed by atoms with van der Waals surface area (Å²) in [7, 11) is 0. The van der Waals surface area contributed by atoms with E-state index in [2.05, 4.69) is 12.2 Å². The number of benzene rings is 1. The highest BCUT2D eigenvalue weighted by Crippen LogP contribution is 2.13. The van der Waals surface area contributed by atoms with E-state index in [0.717, 1.165) is 44.6 Å². The number of piperidine rings is 1. The second kappa shape index (κ2) is 6.55. The molecule has 1 fully saturated rings. The normalized spacial score (nSPS) is 15.7. The lowest BCUT2D eigenvalue weighted by molar-refractivity contribution is 0.0724. The van der Waals surface area contributed by atoms with Crippen molar-refractivity contribution in [2.75, 3.05) is 19.6 Å². The summed E-state index contributed by atoms with van der Waals surface area (Å²) in [6.07, 6.45) is 3.54. The molecule has 1 aliphatic heterocycles. The molecule has 3 nitrogen and oxygen atoms in total. The molecule has 2 rings (SSSR count). The van der Waals surface area contributed by atoms with Crippen molar-refractivity contribution in [3.05, 3.63) is 35.4 Å². The van der Waals surface area contributed by atoms with Gasteiger partial charge in [-0.1, -0.05) is 19.1 Å². The molecule has 18 heavy (non-hydrogen) atoms. The summed E-state index contributed by atoms with van der Waals surface area (Å²) in [6, 6.07) is 7.98. The molecule has 1 aliphatic rings. The van der Waals surface area contributed by atoms with Crippen LogP contribution in [0.1, 0.15) is 42.1 Å². The van der Waals surface area contributed by atoms with E-state index in [4.69, 9.17) is 0 Å². The Balaban J connectivity index is 1.97. The molecule has 0 aromatic heterocycles. The zero-order chi connectivity index (χ0) is 12.8. The predicted molar refractivity (Wildman–Crippen MR) is 73.6 cm³/mol. The first kappa shape index (κ1) is 13.1. The van der Waals surface area contributed by atoms with Crippen LogP contribution in [0.2, 0.25) is 0 Å². The average Bonchev–Trinajstić information content (AvgIpc) is 2.46. The fraction of sp³-hybridized carbons (Fsp3) is 0.533. The summed E-state index contributed by atoms with van der Waals surface area (Å²) >= 11 is 0. The lowest BCUT2D eigenvalue weighted by atomic mass is 10.1. The van der Waals surface area contributed by atoms with E-state index in [0.29, 0.717) is 0 Å². The number of nitrogens with zero attached hydrogens (tertiary/aromatic N) is 1. The summed E-state index contributed by atoms with van der Waals surface area (Å²) in [6.45, 7) is 5.76. The number of carbonyl (C=O) groups is 1. The lowest BCUT2D eigenvalue weighted by Crippen LogP contribution is -2.35. The van der Waals surface area contributed by atoms with Crippen molar-refractivity contribution in [3.8, 4) is 0 Å². The van der Waals surface area contributed by atoms with E-state index in [1.807, 2.05) is 29.2 Å². The van der Waals surface area contributed by atoms with Crippen molar-refractivity contribution < 1.29 is 4.79 Å². The number of nitrogens with one attached hydrogen (secondary N) is 1. The quantitative estimate of drug-likeness (QED) is 0.885. The predicted octanol–water partition coefficient (Wildman–Crippen LogP) is 2.42. The highest BCUT2D eigenvalue weighted by molar-refractivity contribution is 5.94. The lowest BCUT2D eigenvalue weighted by Gasteiger charge is -2.26. The third kappa shape index (κ3) is 3.33. The first-order valence-electron chi connectivity index (χ1n) is 6.90. The van der Waals surface area contributed by atoms with Crippen LogP contribution in [0.25, 0.3) is 0 Å². The van der Waals surface area contributed by atoms with Crippen LogP contribution in [0.4, 0.5) is 0 Å². The Bertz CT molecular complexity index is 380. The monoisotopic (exact) mass is 246 g/mol. The molecule has 98 valence electrons. The summed E-state index contributed by atoms with van der Waals surface area (Å²) in [5, 5.41) is 3.28. The zero-order valence-corrected chi connectivity index (χ0v) is 11.1. The molecule has 3 heteroatoms. The summed E-state index contributed by atoms with van der Waals surface area (Å²) < 4.78 is 0. The second-order valence-corrected chi connectivity index (χ2v) is 4.83. The molecule has 0 bridgehead atoms. The van der Waals surface area contributed by atoms with E-state index >= 15 is 0 Å². The number of rotatable bonds is 4. The smallest absolute Gasteiger partial charge is 0.253 e. The highest BCUT2D eigenvalue weighted by Gasteiger charge is 2.17. The molecule has 0 atom stereocenters. The van der Waals surface area contributed by atoms with Crippen molar-refractivity contribution >= 4 is 5.91 Å². The molecule has 0 saturated carbocycles. The SMILES string of the molecule is CCNCc1ccc(C(=O)N2CCCCC2)cc1. The van der Waals surface area contributed by atoms with Gasteiger partial charge in [0, 0.05) is 25.2 Å². The largest absolute Gasteiger partial charge is 0.339 e. The van der Waals surface area contributed by atoms with Crippen LogP contribution in [0.3, 0.4) is 0 Å². The molecule has 0 unspecified atom stereocenters. The Labute approximate surface area is 109 Å². The van der Waals surface area contributed by atoms with Crippen molar-refractivity contribution in [1.29, 1.82) is 0 Å². The fourth-order valence-corrected chi connectivity index (χ4v) is 2.31. The van der Waals surface area contributed by atoms with Gasteiger partial charge in [0.2, 0.25) is 0 Å². The van der Waals surface area contributed by atoms with Crippen LogP contribution in [0.15, 0.2) is 24.3 Å². The van der Waals surface area contributed by atoms with Crippen molar-refractivity contribution in [1.82, 2.24) is 10.2 Å². The molecule has 0 aliphatic carbocycles. The minimum absolute atomic E-state index is 0.185. The van der Waals surface area contributed by atoms with E-state index in [1.54, 1.807) is 0 Å². The zero-order valence-electron chi connectivity index (χ0n) is 11.1. The Kier molecular flexibility index (Phi) is 4.76. The minimum Gasteiger partial charge on any atom is -0.339 e. The molecule has 1 amide bonds. The van der Waals surface area contributed by atoms with Crippen LogP contribution < -0.4 is 5.32 Å². The number of likely N-dealkylation sites (tertiary alicyclic amines) is 1. The van der Waals surface area contributed by atoms with Gasteiger partial charge < -0.3 is 10.2 Å². The third-order valence-corrected chi connectivity index (χ3v) is 3.42. The van der Waals surface area contributed by atoms with Gasteiger partial charge in [0.25, 0.3) is 5.91 Å². The Hall–Kier alpha value is -1.35. The molecule has 0 radical (unpaired) electrons. The summed E-state index contributed by atoms with van der Waals surface area (Å²) in [5.41, 5.74) is 2.05. The van der Waals surface area contributed by atoms with Gasteiger partial charge in [-0.15, -0.1) is 0 Å². The average molecular weight is 246 g/mol. The Morgan fingerprint density at radius 1 is 1.17 bits per heavy atom. The van der Waals surface area contributed by atoms with Gasteiger partial charge in [0.05, 0.1) is 0 Å². The number of hydrogen-bond donors (Lipinski definition) is 1. The standard InChI is InChI=1S/C15H22N2O/c1-2-16-12-13-6-8-14(9-7-13)15(18)17-10-4-3-5-11-17/h6-9,16H,2-5,10-12H2,1H3. The Morgan fingerprint density at radius 2 is 1.83 bits per heavy atom. The molecule has 1 heterocycles. The van der Waals surface area contributed by atoms with Gasteiger partial charge in [-0.2, -0.15) is 0 Å². The van der Waals surface area contributed by atoms with Gasteiger partial charge >= 0.3 is 0 Å². The Morgan fingerprint density at radius 3 is 2.44 bits per heavy atom. The van der Waals surface area contributed by atoms with Gasteiger partial charge in [-0.25, -0.2) is 0 Å². The van der Waals surface area contributed by atoms with E-state index in [9.17, 15) is 4.79 Å². The molecule has 1 aromatic carbocycles. The molecular weight excluding hydrogens is 224 g/mol. The molecule has 1 saturated heterocycles. The highest BCUT2D eigenvalue weighted by atomic mass is 16.2. The molecular formula is C15H22N2O. The van der Waals surface area contributed by atoms with Crippen LogP contribution >= 0.6 is 0 Å². The van der Waals surface area contributed by atoms with Crippen molar-refractivity contribution in [2.45, 2.75) is 32.7 Å². The van der Waals surface area contributed by atoms with Crippen molar-refractivity contribution in [3.63, 3.8) is 0 Å². The first-order valence-corrected chi connectivity index (χ1v) is 6.90. The van der Waals surface area contributed by atoms with E-state index in [1.165, 1.54) is 12.0 Å². The number of hydrogen-bond acceptors (Lipinski definition) is 2. The van der Waals surface area contributed by atoms with Crippen LogP contribution in [0.5, 0.6) is 0 Å². The summed E-state index contributed by atoms with van der Waals surface area (Å²) in [4.78, 5) is 14.2. The van der Waals surface area contributed by atoms with E-state index in [-0.39, 0.29) is 5.91 Å². The second-order valence-electron chi connectivity index (χ2n) is 4.83. The minimum atomic E-state index is 0.185. The van der Waals surface area contributed by atoms with Crippen LogP contribution in [0, 0.1) is 0 Å².